The van der Waals surface area contributed by atoms with Gasteiger partial charge < -0.3 is 9.52 Å². The van der Waals surface area contributed by atoms with Gasteiger partial charge in [-0.3, -0.25) is 9.69 Å². The highest BCUT2D eigenvalue weighted by Gasteiger charge is 2.31. The summed E-state index contributed by atoms with van der Waals surface area (Å²) in [6.07, 6.45) is 1.22. The first-order valence-electron chi connectivity index (χ1n) is 6.19. The molecule has 0 spiro atoms. The Balaban J connectivity index is 1.84. The van der Waals surface area contributed by atoms with Gasteiger partial charge in [-0.2, -0.15) is 5.10 Å². The van der Waals surface area contributed by atoms with Crippen molar-refractivity contribution in [2.75, 3.05) is 11.4 Å². The Morgan fingerprint density at radius 2 is 2.32 bits per heavy atom. The molecule has 0 aromatic carbocycles. The van der Waals surface area contributed by atoms with Crippen LogP contribution >= 0.6 is 0 Å². The number of anilines is 1. The molecular weight excluding hydrogens is 246 g/mol. The van der Waals surface area contributed by atoms with E-state index in [1.807, 2.05) is 19.1 Å². The molecule has 0 saturated carbocycles. The highest BCUT2D eigenvalue weighted by atomic mass is 16.3. The molecule has 3 heterocycles. The van der Waals surface area contributed by atoms with Gasteiger partial charge in [0.2, 0.25) is 5.91 Å². The first-order chi connectivity index (χ1) is 9.13. The summed E-state index contributed by atoms with van der Waals surface area (Å²) in [4.78, 5) is 13.4. The number of rotatable bonds is 3. The fraction of sp³-hybridized carbons (Fsp3) is 0.385. The molecule has 1 fully saturated rings. The van der Waals surface area contributed by atoms with Crippen molar-refractivity contribution >= 4 is 11.7 Å². The minimum absolute atomic E-state index is 0.0788. The van der Waals surface area contributed by atoms with Crippen LogP contribution in [0.4, 0.5) is 5.82 Å². The maximum Gasteiger partial charge on any atom is 0.230 e. The van der Waals surface area contributed by atoms with Gasteiger partial charge in [0.1, 0.15) is 23.9 Å². The number of carbonyl (C=O) groups excluding carboxylic acids is 1. The molecule has 1 amide bonds. The molecule has 19 heavy (non-hydrogen) atoms. The summed E-state index contributed by atoms with van der Waals surface area (Å²) in [7, 11) is 0. The van der Waals surface area contributed by atoms with Gasteiger partial charge in [0, 0.05) is 6.07 Å². The zero-order valence-corrected chi connectivity index (χ0v) is 10.6. The lowest BCUT2D eigenvalue weighted by Crippen LogP contribution is -2.28. The molecule has 1 atom stereocenters. The molecule has 6 heteroatoms. The Morgan fingerprint density at radius 1 is 1.47 bits per heavy atom. The highest BCUT2D eigenvalue weighted by Crippen LogP contribution is 2.22. The number of aryl methyl sites for hydroxylation is 1. The monoisotopic (exact) mass is 261 g/mol. The lowest BCUT2D eigenvalue weighted by atomic mass is 10.3. The number of amides is 1. The summed E-state index contributed by atoms with van der Waals surface area (Å²) in [6.45, 7) is 2.67. The molecule has 1 aliphatic rings. The fourth-order valence-electron chi connectivity index (χ4n) is 2.30. The SMILES string of the molecule is Cc1ccc(Cn2nccc2N2CC(O)CC2=O)o1. The van der Waals surface area contributed by atoms with E-state index in [1.165, 1.54) is 0 Å². The lowest BCUT2D eigenvalue weighted by molar-refractivity contribution is -0.117. The molecule has 6 nitrogen and oxygen atoms in total. The second-order valence-corrected chi connectivity index (χ2v) is 4.72. The van der Waals surface area contributed by atoms with E-state index in [2.05, 4.69) is 5.10 Å². The van der Waals surface area contributed by atoms with Crippen molar-refractivity contribution in [2.24, 2.45) is 0 Å². The third-order valence-corrected chi connectivity index (χ3v) is 3.18. The number of aliphatic hydroxyl groups is 1. The van der Waals surface area contributed by atoms with E-state index < -0.39 is 6.10 Å². The van der Waals surface area contributed by atoms with Crippen molar-refractivity contribution in [1.29, 1.82) is 0 Å². The van der Waals surface area contributed by atoms with E-state index in [4.69, 9.17) is 4.42 Å². The molecule has 0 radical (unpaired) electrons. The Hall–Kier alpha value is -2.08. The van der Waals surface area contributed by atoms with Crippen molar-refractivity contribution in [2.45, 2.75) is 26.0 Å². The highest BCUT2D eigenvalue weighted by molar-refractivity contribution is 5.95. The van der Waals surface area contributed by atoms with Gasteiger partial charge in [0.25, 0.3) is 0 Å². The standard InChI is InChI=1S/C13H15N3O3/c1-9-2-3-11(19-9)8-16-12(4-5-14-16)15-7-10(17)6-13(15)18/h2-5,10,17H,6-8H2,1H3. The molecule has 1 aliphatic heterocycles. The summed E-state index contributed by atoms with van der Waals surface area (Å²) in [5.41, 5.74) is 0. The Kier molecular flexibility index (Phi) is 2.87. The first-order valence-corrected chi connectivity index (χ1v) is 6.19. The topological polar surface area (TPSA) is 71.5 Å². The van der Waals surface area contributed by atoms with Crippen LogP contribution in [0.2, 0.25) is 0 Å². The number of furan rings is 1. The number of nitrogens with zero attached hydrogens (tertiary/aromatic N) is 3. The van der Waals surface area contributed by atoms with Crippen LogP contribution < -0.4 is 4.90 Å². The minimum Gasteiger partial charge on any atom is -0.464 e. The van der Waals surface area contributed by atoms with Gasteiger partial charge in [0.15, 0.2) is 0 Å². The van der Waals surface area contributed by atoms with Crippen LogP contribution in [-0.2, 0) is 11.3 Å². The average Bonchev–Trinajstić information content (AvgIpc) is 3.02. The Morgan fingerprint density at radius 3 is 2.95 bits per heavy atom. The number of aliphatic hydroxyl groups excluding tert-OH is 1. The van der Waals surface area contributed by atoms with Crippen LogP contribution in [-0.4, -0.2) is 33.4 Å². The van der Waals surface area contributed by atoms with Gasteiger partial charge in [-0.05, 0) is 19.1 Å². The molecule has 2 aromatic heterocycles. The predicted molar refractivity (Wildman–Crippen MR) is 67.8 cm³/mol. The first kappa shape index (κ1) is 12.0. The molecule has 1 unspecified atom stereocenters. The molecular formula is C13H15N3O3. The lowest BCUT2D eigenvalue weighted by Gasteiger charge is -2.16. The zero-order valence-electron chi connectivity index (χ0n) is 10.6. The van der Waals surface area contributed by atoms with Gasteiger partial charge in [-0.25, -0.2) is 4.68 Å². The van der Waals surface area contributed by atoms with Gasteiger partial charge in [-0.15, -0.1) is 0 Å². The molecule has 1 saturated heterocycles. The summed E-state index contributed by atoms with van der Waals surface area (Å²) in [5, 5.41) is 13.7. The van der Waals surface area contributed by atoms with E-state index in [0.29, 0.717) is 18.9 Å². The van der Waals surface area contributed by atoms with E-state index >= 15 is 0 Å². The van der Waals surface area contributed by atoms with Crippen molar-refractivity contribution < 1.29 is 14.3 Å². The van der Waals surface area contributed by atoms with E-state index in [0.717, 1.165) is 11.5 Å². The van der Waals surface area contributed by atoms with Crippen molar-refractivity contribution in [3.05, 3.63) is 35.9 Å². The Labute approximate surface area is 110 Å². The number of carbonyl (C=O) groups is 1. The van der Waals surface area contributed by atoms with Gasteiger partial charge in [-0.1, -0.05) is 0 Å². The summed E-state index contributed by atoms with van der Waals surface area (Å²) in [6, 6.07) is 5.55. The van der Waals surface area contributed by atoms with Crippen LogP contribution in [0.1, 0.15) is 17.9 Å². The minimum atomic E-state index is -0.596. The number of aromatic nitrogens is 2. The second kappa shape index (κ2) is 4.55. The largest absolute Gasteiger partial charge is 0.464 e. The van der Waals surface area contributed by atoms with E-state index in [-0.39, 0.29) is 12.3 Å². The second-order valence-electron chi connectivity index (χ2n) is 4.72. The van der Waals surface area contributed by atoms with Crippen molar-refractivity contribution in [3.63, 3.8) is 0 Å². The number of hydrogen-bond donors (Lipinski definition) is 1. The van der Waals surface area contributed by atoms with E-state index in [1.54, 1.807) is 21.8 Å². The van der Waals surface area contributed by atoms with E-state index in [9.17, 15) is 9.90 Å². The predicted octanol–water partition coefficient (Wildman–Crippen LogP) is 0.930. The molecule has 0 bridgehead atoms. The van der Waals surface area contributed by atoms with Crippen molar-refractivity contribution in [1.82, 2.24) is 9.78 Å². The van der Waals surface area contributed by atoms with Crippen LogP contribution in [0.3, 0.4) is 0 Å². The molecule has 3 rings (SSSR count). The van der Waals surface area contributed by atoms with Gasteiger partial charge in [0.05, 0.1) is 25.3 Å². The fourth-order valence-corrected chi connectivity index (χ4v) is 2.30. The molecule has 1 N–H and O–H groups in total. The van der Waals surface area contributed by atoms with Crippen LogP contribution in [0.15, 0.2) is 28.8 Å². The molecule has 0 aliphatic carbocycles. The maximum absolute atomic E-state index is 11.8. The van der Waals surface area contributed by atoms with Crippen LogP contribution in [0, 0.1) is 6.92 Å². The zero-order chi connectivity index (χ0) is 13.4. The maximum atomic E-state index is 11.8. The van der Waals surface area contributed by atoms with Crippen LogP contribution in [0.25, 0.3) is 0 Å². The smallest absolute Gasteiger partial charge is 0.230 e. The summed E-state index contributed by atoms with van der Waals surface area (Å²) < 4.78 is 7.21. The summed E-state index contributed by atoms with van der Waals surface area (Å²) >= 11 is 0. The Bertz CT molecular complexity index is 602. The molecule has 100 valence electrons. The number of β-amino-alcohol motifs (C(OH)–C–C–N with tert-alkyl or cyclic N) is 1. The average molecular weight is 261 g/mol. The third-order valence-electron chi connectivity index (χ3n) is 3.18. The third kappa shape index (κ3) is 2.26. The van der Waals surface area contributed by atoms with Crippen LogP contribution in [0.5, 0.6) is 0 Å². The quantitative estimate of drug-likeness (QED) is 0.892. The summed E-state index contributed by atoms with van der Waals surface area (Å²) in [5.74, 6) is 2.24. The van der Waals surface area contributed by atoms with Crippen molar-refractivity contribution in [3.8, 4) is 0 Å². The molecule has 2 aromatic rings. The number of hydrogen-bond acceptors (Lipinski definition) is 4. The van der Waals surface area contributed by atoms with Gasteiger partial charge >= 0.3 is 0 Å². The normalized spacial score (nSPS) is 19.4.